The summed E-state index contributed by atoms with van der Waals surface area (Å²) in [6.45, 7) is 5.53. The van der Waals surface area contributed by atoms with E-state index in [-0.39, 0.29) is 17.4 Å². The molecule has 4 rings (SSSR count). The Bertz CT molecular complexity index is 1250. The number of aromatic nitrogens is 6. The minimum absolute atomic E-state index is 0.0124. The van der Waals surface area contributed by atoms with Crippen LogP contribution in [0.2, 0.25) is 0 Å². The lowest BCUT2D eigenvalue weighted by molar-refractivity contribution is 0.102. The number of tetrazole rings is 1. The molecule has 2 aromatic carbocycles. The van der Waals surface area contributed by atoms with Crippen molar-refractivity contribution in [1.29, 1.82) is 0 Å². The second-order valence-corrected chi connectivity index (χ2v) is 7.24. The van der Waals surface area contributed by atoms with E-state index in [0.717, 1.165) is 0 Å². The van der Waals surface area contributed by atoms with Crippen LogP contribution in [-0.4, -0.2) is 35.9 Å². The van der Waals surface area contributed by atoms with Gasteiger partial charge in [-0.3, -0.25) is 4.79 Å². The maximum atomic E-state index is 14.4. The van der Waals surface area contributed by atoms with E-state index in [4.69, 9.17) is 0 Å². The number of benzene rings is 2. The van der Waals surface area contributed by atoms with Crippen molar-refractivity contribution in [2.75, 3.05) is 5.32 Å². The highest BCUT2D eigenvalue weighted by Gasteiger charge is 2.22. The van der Waals surface area contributed by atoms with E-state index in [1.54, 1.807) is 23.7 Å². The Hall–Kier alpha value is -3.95. The number of hydrogen-bond acceptors (Lipinski definition) is 5. The van der Waals surface area contributed by atoms with Crippen molar-refractivity contribution >= 4 is 11.6 Å². The van der Waals surface area contributed by atoms with Crippen LogP contribution >= 0.6 is 0 Å². The summed E-state index contributed by atoms with van der Waals surface area (Å²) >= 11 is 0. The lowest BCUT2D eigenvalue weighted by Crippen LogP contribution is -2.16. The zero-order chi connectivity index (χ0) is 22.1. The van der Waals surface area contributed by atoms with Crippen molar-refractivity contribution < 1.29 is 13.6 Å². The Kier molecular flexibility index (Phi) is 5.28. The van der Waals surface area contributed by atoms with Crippen molar-refractivity contribution in [1.82, 2.24) is 30.0 Å². The molecule has 158 valence electrons. The molecule has 1 amide bonds. The number of hydrogen-bond donors (Lipinski definition) is 1. The van der Waals surface area contributed by atoms with Crippen molar-refractivity contribution in [3.05, 3.63) is 77.4 Å². The fraction of sp³-hybridized carbons (Fsp3) is 0.190. The maximum absolute atomic E-state index is 14.4. The van der Waals surface area contributed by atoms with Gasteiger partial charge in [0.2, 0.25) is 0 Å². The molecule has 0 saturated heterocycles. The molecule has 0 atom stereocenters. The average molecular weight is 423 g/mol. The molecule has 0 fully saturated rings. The van der Waals surface area contributed by atoms with Gasteiger partial charge in [-0.1, -0.05) is 13.8 Å². The molecule has 0 unspecified atom stereocenters. The number of amides is 1. The Morgan fingerprint density at radius 1 is 1.03 bits per heavy atom. The molecule has 31 heavy (non-hydrogen) atoms. The first-order valence-corrected chi connectivity index (χ1v) is 9.55. The van der Waals surface area contributed by atoms with Gasteiger partial charge in [-0.15, -0.1) is 5.10 Å². The number of rotatable bonds is 5. The molecule has 0 aliphatic rings. The fourth-order valence-electron chi connectivity index (χ4n) is 3.28. The van der Waals surface area contributed by atoms with Gasteiger partial charge < -0.3 is 5.32 Å². The normalized spacial score (nSPS) is 11.2. The van der Waals surface area contributed by atoms with Gasteiger partial charge in [0.05, 0.1) is 34.5 Å². The van der Waals surface area contributed by atoms with Crippen LogP contribution in [0.3, 0.4) is 0 Å². The largest absolute Gasteiger partial charge is 0.319 e. The average Bonchev–Trinajstić information content (AvgIpc) is 3.37. The smallest absolute Gasteiger partial charge is 0.259 e. The Morgan fingerprint density at radius 3 is 2.39 bits per heavy atom. The number of anilines is 1. The summed E-state index contributed by atoms with van der Waals surface area (Å²) in [4.78, 5) is 13.0. The van der Waals surface area contributed by atoms with Gasteiger partial charge in [0, 0.05) is 0 Å². The molecule has 0 aliphatic carbocycles. The predicted molar refractivity (Wildman–Crippen MR) is 109 cm³/mol. The number of carbonyl (C=O) groups excluding carboxylic acids is 1. The van der Waals surface area contributed by atoms with Crippen LogP contribution in [-0.2, 0) is 0 Å². The van der Waals surface area contributed by atoms with E-state index < -0.39 is 11.7 Å². The van der Waals surface area contributed by atoms with Gasteiger partial charge in [0.25, 0.3) is 5.91 Å². The minimum Gasteiger partial charge on any atom is -0.319 e. The zero-order valence-electron chi connectivity index (χ0n) is 17.0. The second-order valence-electron chi connectivity index (χ2n) is 7.24. The van der Waals surface area contributed by atoms with E-state index in [9.17, 15) is 13.6 Å². The first-order valence-electron chi connectivity index (χ1n) is 9.55. The molecule has 0 radical (unpaired) electrons. The van der Waals surface area contributed by atoms with E-state index in [1.807, 2.05) is 13.8 Å². The van der Waals surface area contributed by atoms with Gasteiger partial charge >= 0.3 is 0 Å². The van der Waals surface area contributed by atoms with Crippen LogP contribution in [0.15, 0.2) is 48.7 Å². The van der Waals surface area contributed by atoms with Gasteiger partial charge in [0.15, 0.2) is 5.82 Å². The van der Waals surface area contributed by atoms with E-state index in [1.165, 1.54) is 41.2 Å². The van der Waals surface area contributed by atoms with Gasteiger partial charge in [-0.2, -0.15) is 9.78 Å². The molecule has 4 aromatic rings. The van der Waals surface area contributed by atoms with Crippen LogP contribution in [0.1, 0.15) is 41.6 Å². The summed E-state index contributed by atoms with van der Waals surface area (Å²) in [7, 11) is 0. The lowest BCUT2D eigenvalue weighted by Gasteiger charge is -2.13. The molecular weight excluding hydrogens is 404 g/mol. The second kappa shape index (κ2) is 8.05. The minimum atomic E-state index is -0.597. The molecule has 0 saturated carbocycles. The number of halogens is 2. The summed E-state index contributed by atoms with van der Waals surface area (Å²) < 4.78 is 30.7. The van der Waals surface area contributed by atoms with E-state index in [2.05, 4.69) is 25.9 Å². The number of carbonyl (C=O) groups is 1. The summed E-state index contributed by atoms with van der Waals surface area (Å²) in [5.74, 6) is -1.03. The number of nitrogens with one attached hydrogen (secondary N) is 1. The first-order chi connectivity index (χ1) is 14.8. The molecule has 0 spiro atoms. The standard InChI is InChI=1S/C21H19F2N7O/c1-12(2)20-17(11-24-30(20)15-6-4-14(22)5-7-15)21(31)25-19-10-16(8-9-18(19)23)29-13(3)26-27-28-29/h4-12H,1-3H3,(H,25,31). The summed E-state index contributed by atoms with van der Waals surface area (Å²) in [5, 5.41) is 18.1. The molecule has 0 aliphatic heterocycles. The van der Waals surface area contributed by atoms with Crippen LogP contribution in [0.4, 0.5) is 14.5 Å². The quantitative estimate of drug-likeness (QED) is 0.527. The Balaban J connectivity index is 1.68. The van der Waals surface area contributed by atoms with Gasteiger partial charge in [0.1, 0.15) is 11.6 Å². The highest BCUT2D eigenvalue weighted by Crippen LogP contribution is 2.25. The lowest BCUT2D eigenvalue weighted by atomic mass is 10.0. The number of aryl methyl sites for hydroxylation is 1. The summed E-state index contributed by atoms with van der Waals surface area (Å²) in [6, 6.07) is 10.0. The highest BCUT2D eigenvalue weighted by atomic mass is 19.1. The molecule has 0 bridgehead atoms. The maximum Gasteiger partial charge on any atom is 0.259 e. The highest BCUT2D eigenvalue weighted by molar-refractivity contribution is 6.05. The van der Waals surface area contributed by atoms with Crippen molar-refractivity contribution in [3.8, 4) is 11.4 Å². The Morgan fingerprint density at radius 2 is 1.74 bits per heavy atom. The molecule has 2 aromatic heterocycles. The third-order valence-electron chi connectivity index (χ3n) is 4.74. The zero-order valence-corrected chi connectivity index (χ0v) is 17.0. The third kappa shape index (κ3) is 3.91. The Labute approximate surface area is 176 Å². The number of nitrogens with zero attached hydrogens (tertiary/aromatic N) is 6. The summed E-state index contributed by atoms with van der Waals surface area (Å²) in [6.07, 6.45) is 1.42. The molecule has 8 nitrogen and oxygen atoms in total. The van der Waals surface area contributed by atoms with E-state index in [0.29, 0.717) is 28.5 Å². The van der Waals surface area contributed by atoms with Crippen molar-refractivity contribution in [3.63, 3.8) is 0 Å². The summed E-state index contributed by atoms with van der Waals surface area (Å²) in [5.41, 5.74) is 2.03. The molecule has 10 heteroatoms. The van der Waals surface area contributed by atoms with Crippen LogP contribution in [0, 0.1) is 18.6 Å². The van der Waals surface area contributed by atoms with Gasteiger partial charge in [-0.25, -0.2) is 13.5 Å². The predicted octanol–water partition coefficient (Wildman–Crippen LogP) is 3.81. The monoisotopic (exact) mass is 423 g/mol. The van der Waals surface area contributed by atoms with Gasteiger partial charge in [-0.05, 0) is 65.7 Å². The topological polar surface area (TPSA) is 90.5 Å². The SMILES string of the molecule is Cc1nnnn1-c1ccc(F)c(NC(=O)c2cnn(-c3ccc(F)cc3)c2C(C)C)c1. The third-order valence-corrected chi connectivity index (χ3v) is 4.74. The van der Waals surface area contributed by atoms with Crippen molar-refractivity contribution in [2.24, 2.45) is 0 Å². The van der Waals surface area contributed by atoms with E-state index >= 15 is 0 Å². The van der Waals surface area contributed by atoms with Crippen LogP contribution in [0.5, 0.6) is 0 Å². The first kappa shape index (κ1) is 20.3. The van der Waals surface area contributed by atoms with Crippen LogP contribution < -0.4 is 5.32 Å². The fourth-order valence-corrected chi connectivity index (χ4v) is 3.28. The molecule has 1 N–H and O–H groups in total. The van der Waals surface area contributed by atoms with Crippen LogP contribution in [0.25, 0.3) is 11.4 Å². The molecular formula is C21H19F2N7O. The molecule has 2 heterocycles. The van der Waals surface area contributed by atoms with Crippen molar-refractivity contribution in [2.45, 2.75) is 26.7 Å².